The highest BCUT2D eigenvalue weighted by Crippen LogP contribution is 2.38. The molecule has 2 nitrogen and oxygen atoms in total. The first-order valence-corrected chi connectivity index (χ1v) is 6.92. The van der Waals surface area contributed by atoms with E-state index in [-0.39, 0.29) is 5.63 Å². The highest BCUT2D eigenvalue weighted by atomic mass is 16.4. The average molecular weight is 270 g/mol. The molecule has 1 heterocycles. The molecular weight excluding hydrogens is 260 g/mol. The molecule has 98 valence electrons. The van der Waals surface area contributed by atoms with Crippen molar-refractivity contribution < 1.29 is 4.42 Å². The molecule has 0 atom stereocenters. The van der Waals surface area contributed by atoms with E-state index in [1.165, 1.54) is 16.2 Å². The summed E-state index contributed by atoms with van der Waals surface area (Å²) < 4.78 is 5.37. The van der Waals surface area contributed by atoms with Crippen LogP contribution in [0.1, 0.15) is 0 Å². The molecule has 0 aliphatic rings. The Balaban J connectivity index is 2.33. The van der Waals surface area contributed by atoms with Gasteiger partial charge in [-0.1, -0.05) is 48.5 Å². The summed E-state index contributed by atoms with van der Waals surface area (Å²) in [6, 6.07) is 20.0. The third-order valence-electron chi connectivity index (χ3n) is 4.25. The molecule has 0 aliphatic heterocycles. The van der Waals surface area contributed by atoms with Crippen LogP contribution in [0, 0.1) is 0 Å². The molecule has 5 rings (SSSR count). The molecule has 0 radical (unpaired) electrons. The number of benzene rings is 4. The van der Waals surface area contributed by atoms with E-state index in [4.69, 9.17) is 4.42 Å². The molecule has 2 heteroatoms. The van der Waals surface area contributed by atoms with Gasteiger partial charge in [-0.3, -0.25) is 0 Å². The van der Waals surface area contributed by atoms with Crippen LogP contribution >= 0.6 is 0 Å². The van der Waals surface area contributed by atoms with Crippen LogP contribution in [-0.4, -0.2) is 0 Å². The summed E-state index contributed by atoms with van der Waals surface area (Å²) in [4.78, 5) is 11.9. The van der Waals surface area contributed by atoms with Crippen LogP contribution in [0.3, 0.4) is 0 Å². The molecule has 0 bridgehead atoms. The predicted octanol–water partition coefficient (Wildman–Crippen LogP) is 4.69. The maximum Gasteiger partial charge on any atom is 0.336 e. The van der Waals surface area contributed by atoms with Crippen molar-refractivity contribution in [3.05, 3.63) is 71.1 Å². The van der Waals surface area contributed by atoms with E-state index in [2.05, 4.69) is 36.4 Å². The molecule has 4 aromatic carbocycles. The Hall–Kier alpha value is -2.87. The van der Waals surface area contributed by atoms with Gasteiger partial charge in [0.25, 0.3) is 0 Å². The Bertz CT molecular complexity index is 1190. The molecule has 21 heavy (non-hydrogen) atoms. The van der Waals surface area contributed by atoms with E-state index in [0.717, 1.165) is 21.5 Å². The number of rotatable bonds is 0. The zero-order valence-electron chi connectivity index (χ0n) is 11.1. The summed E-state index contributed by atoms with van der Waals surface area (Å²) >= 11 is 0. The Kier molecular flexibility index (Phi) is 1.87. The highest BCUT2D eigenvalue weighted by molar-refractivity contribution is 6.32. The second kappa shape index (κ2) is 3.61. The maximum absolute atomic E-state index is 11.9. The number of fused-ring (bicyclic) bond motifs is 2. The number of hydrogen-bond acceptors (Lipinski definition) is 2. The first-order valence-electron chi connectivity index (χ1n) is 6.92. The van der Waals surface area contributed by atoms with Crippen molar-refractivity contribution in [2.24, 2.45) is 0 Å². The van der Waals surface area contributed by atoms with Gasteiger partial charge in [0, 0.05) is 16.8 Å². The predicted molar refractivity (Wildman–Crippen MR) is 86.2 cm³/mol. The largest absolute Gasteiger partial charge is 0.423 e. The number of hydrogen-bond donors (Lipinski definition) is 0. The van der Waals surface area contributed by atoms with E-state index < -0.39 is 0 Å². The quantitative estimate of drug-likeness (QED) is 0.232. The van der Waals surface area contributed by atoms with Crippen molar-refractivity contribution >= 4 is 43.3 Å². The minimum absolute atomic E-state index is 0.300. The molecule has 0 N–H and O–H groups in total. The van der Waals surface area contributed by atoms with Crippen molar-refractivity contribution in [1.82, 2.24) is 0 Å². The highest BCUT2D eigenvalue weighted by Gasteiger charge is 2.13. The summed E-state index contributed by atoms with van der Waals surface area (Å²) in [6.07, 6.45) is 0. The monoisotopic (exact) mass is 270 g/mol. The van der Waals surface area contributed by atoms with Crippen molar-refractivity contribution in [3.8, 4) is 0 Å². The van der Waals surface area contributed by atoms with Crippen molar-refractivity contribution in [3.63, 3.8) is 0 Å². The van der Waals surface area contributed by atoms with Gasteiger partial charge in [-0.05, 0) is 33.0 Å². The summed E-state index contributed by atoms with van der Waals surface area (Å²) in [5, 5.41) is 7.86. The Morgan fingerprint density at radius 2 is 1.29 bits per heavy atom. The lowest BCUT2D eigenvalue weighted by atomic mass is 9.92. The molecule has 0 aliphatic carbocycles. The van der Waals surface area contributed by atoms with Crippen LogP contribution in [0.5, 0.6) is 0 Å². The van der Waals surface area contributed by atoms with Gasteiger partial charge in [-0.25, -0.2) is 4.79 Å². The molecule has 0 saturated heterocycles. The van der Waals surface area contributed by atoms with Gasteiger partial charge in [0.1, 0.15) is 5.58 Å². The van der Waals surface area contributed by atoms with Crippen LogP contribution < -0.4 is 5.63 Å². The first-order chi connectivity index (χ1) is 10.3. The zero-order valence-corrected chi connectivity index (χ0v) is 11.1. The van der Waals surface area contributed by atoms with E-state index in [1.807, 2.05) is 18.2 Å². The smallest absolute Gasteiger partial charge is 0.336 e. The van der Waals surface area contributed by atoms with Crippen molar-refractivity contribution in [1.29, 1.82) is 0 Å². The lowest BCUT2D eigenvalue weighted by molar-refractivity contribution is 0.563. The van der Waals surface area contributed by atoms with Crippen LogP contribution in [0.15, 0.2) is 69.9 Å². The summed E-state index contributed by atoms with van der Waals surface area (Å²) in [6.45, 7) is 0. The van der Waals surface area contributed by atoms with Gasteiger partial charge in [-0.2, -0.15) is 0 Å². The Labute approximate surface area is 119 Å². The average Bonchev–Trinajstić information content (AvgIpc) is 2.51. The fourth-order valence-corrected chi connectivity index (χ4v) is 3.45. The van der Waals surface area contributed by atoms with Gasteiger partial charge in [0.2, 0.25) is 0 Å². The molecule has 0 spiro atoms. The van der Waals surface area contributed by atoms with Crippen molar-refractivity contribution in [2.75, 3.05) is 0 Å². The van der Waals surface area contributed by atoms with Crippen LogP contribution in [0.25, 0.3) is 43.3 Å². The first kappa shape index (κ1) is 10.9. The molecular formula is C19H10O2. The van der Waals surface area contributed by atoms with Gasteiger partial charge in [0.15, 0.2) is 0 Å². The van der Waals surface area contributed by atoms with Gasteiger partial charge >= 0.3 is 5.63 Å². The molecule has 0 saturated carbocycles. The Morgan fingerprint density at radius 1 is 0.667 bits per heavy atom. The summed E-state index contributed by atoms with van der Waals surface area (Å²) in [5.74, 6) is 0. The lowest BCUT2D eigenvalue weighted by Gasteiger charge is -2.12. The SMILES string of the molecule is O=c1cc2c3cccc4cccc(c5cccc(o1)c52)c43. The molecule has 0 amide bonds. The fourth-order valence-electron chi connectivity index (χ4n) is 3.45. The van der Waals surface area contributed by atoms with Gasteiger partial charge < -0.3 is 4.42 Å². The van der Waals surface area contributed by atoms with Gasteiger partial charge in [-0.15, -0.1) is 0 Å². The van der Waals surface area contributed by atoms with Crippen LogP contribution in [-0.2, 0) is 0 Å². The zero-order chi connectivity index (χ0) is 14.0. The normalized spacial score (nSPS) is 12.0. The minimum atomic E-state index is -0.300. The third-order valence-corrected chi connectivity index (χ3v) is 4.25. The summed E-state index contributed by atoms with van der Waals surface area (Å²) in [5.41, 5.74) is 0.354. The molecule has 0 fully saturated rings. The van der Waals surface area contributed by atoms with E-state index in [1.54, 1.807) is 6.07 Å². The molecule has 1 aromatic heterocycles. The second-order valence-electron chi connectivity index (χ2n) is 5.37. The summed E-state index contributed by atoms with van der Waals surface area (Å²) in [7, 11) is 0. The molecule has 5 aromatic rings. The lowest BCUT2D eigenvalue weighted by Crippen LogP contribution is -1.97. The van der Waals surface area contributed by atoms with Crippen LogP contribution in [0.4, 0.5) is 0 Å². The van der Waals surface area contributed by atoms with E-state index in [9.17, 15) is 4.79 Å². The topological polar surface area (TPSA) is 30.2 Å². The minimum Gasteiger partial charge on any atom is -0.423 e. The molecule has 0 unspecified atom stereocenters. The fraction of sp³-hybridized carbons (Fsp3) is 0. The van der Waals surface area contributed by atoms with Crippen molar-refractivity contribution in [2.45, 2.75) is 0 Å². The van der Waals surface area contributed by atoms with E-state index >= 15 is 0 Å². The van der Waals surface area contributed by atoms with E-state index in [0.29, 0.717) is 5.58 Å². The third kappa shape index (κ3) is 1.29. The van der Waals surface area contributed by atoms with Crippen LogP contribution in [0.2, 0.25) is 0 Å². The maximum atomic E-state index is 11.9. The van der Waals surface area contributed by atoms with Gasteiger partial charge in [0.05, 0.1) is 0 Å². The standard InChI is InChI=1S/C19H10O2/c20-17-10-15-14-7-2-5-11-4-1-6-12(18(11)14)13-8-3-9-16(21-17)19(13)15/h1-10H. The second-order valence-corrected chi connectivity index (χ2v) is 5.37. The Morgan fingerprint density at radius 3 is 2.05 bits per heavy atom.